The van der Waals surface area contributed by atoms with Gasteiger partial charge in [0, 0.05) is 46.9 Å². The minimum Gasteiger partial charge on any atom is -0.358 e. The predicted molar refractivity (Wildman–Crippen MR) is 109 cm³/mol. The number of pyridine rings is 1. The molecule has 2 atom stereocenters. The first-order valence-electron chi connectivity index (χ1n) is 9.97. The van der Waals surface area contributed by atoms with E-state index in [2.05, 4.69) is 30.7 Å². The minimum absolute atomic E-state index is 0.0121. The summed E-state index contributed by atoms with van der Waals surface area (Å²) < 4.78 is 0. The van der Waals surface area contributed by atoms with Crippen molar-refractivity contribution in [2.75, 3.05) is 6.54 Å². The van der Waals surface area contributed by atoms with Crippen LogP contribution >= 0.6 is 0 Å². The van der Waals surface area contributed by atoms with E-state index in [-0.39, 0.29) is 11.2 Å². The lowest BCUT2D eigenvalue weighted by Crippen LogP contribution is -2.35. The van der Waals surface area contributed by atoms with Crippen LogP contribution in [0, 0.1) is 17.8 Å². The highest BCUT2D eigenvalue weighted by atomic mass is 16.1. The zero-order chi connectivity index (χ0) is 19.6. The molecule has 0 amide bonds. The fourth-order valence-electron chi connectivity index (χ4n) is 5.83. The number of carbonyl (C=O) groups excluding carboxylic acids is 1. The molecule has 4 nitrogen and oxygen atoms in total. The number of H-pyrrole nitrogens is 1. The second-order valence-corrected chi connectivity index (χ2v) is 9.99. The fraction of sp³-hybridized carbons (Fsp3) is 0.565. The molecular formula is C23H30N2O2. The first kappa shape index (κ1) is 18.4. The molecule has 2 aliphatic rings. The number of Topliss-reactive ketones (excluding diaryl/α,β-unsaturated/α-hetero) is 1. The van der Waals surface area contributed by atoms with Crippen molar-refractivity contribution in [1.82, 2.24) is 9.88 Å². The molecule has 144 valence electrons. The molecule has 27 heavy (non-hydrogen) atoms. The van der Waals surface area contributed by atoms with Crippen LogP contribution in [0.5, 0.6) is 0 Å². The van der Waals surface area contributed by atoms with E-state index in [0.29, 0.717) is 34.4 Å². The first-order valence-corrected chi connectivity index (χ1v) is 9.97. The number of hydrogen-bond donors (Lipinski definition) is 1. The summed E-state index contributed by atoms with van der Waals surface area (Å²) >= 11 is 0. The lowest BCUT2D eigenvalue weighted by atomic mass is 9.65. The van der Waals surface area contributed by atoms with Gasteiger partial charge < -0.3 is 4.98 Å². The summed E-state index contributed by atoms with van der Waals surface area (Å²) in [5, 5.41) is 0.622. The highest BCUT2D eigenvalue weighted by Crippen LogP contribution is 2.52. The topological polar surface area (TPSA) is 53.2 Å². The van der Waals surface area contributed by atoms with Gasteiger partial charge in [-0.3, -0.25) is 14.5 Å². The molecule has 1 aliphatic heterocycles. The van der Waals surface area contributed by atoms with E-state index >= 15 is 0 Å². The zero-order valence-corrected chi connectivity index (χ0v) is 17.1. The Morgan fingerprint density at radius 2 is 2.00 bits per heavy atom. The lowest BCUT2D eigenvalue weighted by Gasteiger charge is -2.40. The molecule has 1 saturated carbocycles. The van der Waals surface area contributed by atoms with Crippen LogP contribution in [0.15, 0.2) is 23.0 Å². The van der Waals surface area contributed by atoms with Crippen LogP contribution in [0.25, 0.3) is 10.9 Å². The van der Waals surface area contributed by atoms with Gasteiger partial charge in [-0.05, 0) is 62.1 Å². The molecule has 4 rings (SSSR count). The molecule has 2 heterocycles. The van der Waals surface area contributed by atoms with E-state index in [1.807, 2.05) is 13.0 Å². The third-order valence-corrected chi connectivity index (χ3v) is 6.60. The van der Waals surface area contributed by atoms with Crippen LogP contribution in [-0.4, -0.2) is 28.3 Å². The molecule has 1 aromatic carbocycles. The van der Waals surface area contributed by atoms with Crippen LogP contribution in [0.1, 0.15) is 68.6 Å². The van der Waals surface area contributed by atoms with Crippen molar-refractivity contribution < 1.29 is 4.79 Å². The number of nitrogens with zero attached hydrogens (tertiary/aromatic N) is 1. The third kappa shape index (κ3) is 3.25. The number of aromatic nitrogens is 1. The van der Waals surface area contributed by atoms with Crippen LogP contribution in [0.2, 0.25) is 0 Å². The van der Waals surface area contributed by atoms with Crippen LogP contribution in [0.4, 0.5) is 0 Å². The van der Waals surface area contributed by atoms with Gasteiger partial charge in [0.25, 0.3) is 0 Å². The lowest BCUT2D eigenvalue weighted by molar-refractivity contribution is 0.101. The van der Waals surface area contributed by atoms with Gasteiger partial charge in [0.2, 0.25) is 0 Å². The van der Waals surface area contributed by atoms with Crippen molar-refractivity contribution in [3.63, 3.8) is 0 Å². The first-order chi connectivity index (χ1) is 12.6. The van der Waals surface area contributed by atoms with E-state index in [0.717, 1.165) is 23.3 Å². The second-order valence-electron chi connectivity index (χ2n) is 9.99. The molecule has 1 aliphatic carbocycles. The van der Waals surface area contributed by atoms with Crippen molar-refractivity contribution in [1.29, 1.82) is 0 Å². The largest absolute Gasteiger partial charge is 0.358 e. The molecule has 2 bridgehead atoms. The smallest absolute Gasteiger partial charge is 0.194 e. The number of benzene rings is 1. The Morgan fingerprint density at radius 3 is 2.70 bits per heavy atom. The van der Waals surface area contributed by atoms with Gasteiger partial charge in [0.05, 0.1) is 0 Å². The van der Waals surface area contributed by atoms with Crippen LogP contribution in [0.3, 0.4) is 0 Å². The van der Waals surface area contributed by atoms with Gasteiger partial charge in [0.15, 0.2) is 11.2 Å². The number of rotatable bonds is 3. The number of aryl methyl sites for hydroxylation is 1. The van der Waals surface area contributed by atoms with Gasteiger partial charge in [-0.1, -0.05) is 20.8 Å². The molecule has 2 aromatic rings. The van der Waals surface area contributed by atoms with E-state index in [1.54, 1.807) is 12.1 Å². The molecule has 0 radical (unpaired) electrons. The van der Waals surface area contributed by atoms with E-state index in [9.17, 15) is 9.59 Å². The minimum atomic E-state index is -0.0121. The Morgan fingerprint density at radius 1 is 1.26 bits per heavy atom. The zero-order valence-electron chi connectivity index (χ0n) is 17.1. The number of hydrogen-bond acceptors (Lipinski definition) is 3. The van der Waals surface area contributed by atoms with E-state index < -0.39 is 0 Å². The summed E-state index contributed by atoms with van der Waals surface area (Å²) in [6.45, 7) is 12.4. The maximum Gasteiger partial charge on any atom is 0.194 e. The van der Waals surface area contributed by atoms with Crippen molar-refractivity contribution in [3.8, 4) is 0 Å². The Bertz CT molecular complexity index is 988. The predicted octanol–water partition coefficient (Wildman–Crippen LogP) is 4.44. The maximum atomic E-state index is 13.3. The van der Waals surface area contributed by atoms with Gasteiger partial charge >= 0.3 is 0 Å². The van der Waals surface area contributed by atoms with Gasteiger partial charge in [0.1, 0.15) is 0 Å². The molecule has 1 N–H and O–H groups in total. The maximum absolute atomic E-state index is 13.3. The number of ketones is 1. The molecule has 2 unspecified atom stereocenters. The monoisotopic (exact) mass is 366 g/mol. The summed E-state index contributed by atoms with van der Waals surface area (Å²) in [7, 11) is 0. The normalized spacial score (nSPS) is 27.2. The summed E-state index contributed by atoms with van der Waals surface area (Å²) in [5.41, 5.74) is 3.97. The van der Waals surface area contributed by atoms with E-state index in [1.165, 1.54) is 26.2 Å². The van der Waals surface area contributed by atoms with Gasteiger partial charge in [-0.2, -0.15) is 0 Å². The Kier molecular flexibility index (Phi) is 4.12. The Hall–Kier alpha value is -1.94. The van der Waals surface area contributed by atoms with Crippen molar-refractivity contribution >= 4 is 16.7 Å². The molecule has 2 fully saturated rings. The number of likely N-dealkylation sites (tertiary alicyclic amines) is 1. The van der Waals surface area contributed by atoms with Crippen molar-refractivity contribution in [2.24, 2.45) is 10.8 Å². The van der Waals surface area contributed by atoms with Crippen molar-refractivity contribution in [2.45, 2.75) is 66.5 Å². The number of nitrogens with one attached hydrogen (secondary N) is 1. The average molecular weight is 367 g/mol. The Labute approximate surface area is 161 Å². The molecule has 1 aromatic heterocycles. The summed E-state index contributed by atoms with van der Waals surface area (Å²) in [6, 6.07) is 5.92. The summed E-state index contributed by atoms with van der Waals surface area (Å²) in [4.78, 5) is 30.9. The number of aromatic amines is 1. The number of fused-ring (bicyclic) bond motifs is 3. The quantitative estimate of drug-likeness (QED) is 0.817. The number of carbonyl (C=O) groups is 1. The van der Waals surface area contributed by atoms with Crippen LogP contribution in [-0.2, 0) is 6.54 Å². The SMILES string of the molecule is CC(=O)c1ccc2[nH]c(C)c(CN3CC4(C)CC3CC(C)(C)C4)c(=O)c2c1. The standard InChI is InChI=1S/C23H30N2O2/c1-14-19(11-25-13-23(5)10-17(25)9-22(3,4)12-23)21(27)18-8-16(15(2)26)6-7-20(18)24-14/h6-8,17H,9-13H2,1-5H3,(H,24,27). The fourth-order valence-corrected chi connectivity index (χ4v) is 5.83. The van der Waals surface area contributed by atoms with E-state index in [4.69, 9.17) is 0 Å². The van der Waals surface area contributed by atoms with Gasteiger partial charge in [-0.15, -0.1) is 0 Å². The molecule has 4 heteroatoms. The highest BCUT2D eigenvalue weighted by Gasteiger charge is 2.49. The third-order valence-electron chi connectivity index (χ3n) is 6.60. The second kappa shape index (κ2) is 6.03. The summed E-state index contributed by atoms with van der Waals surface area (Å²) in [5.74, 6) is -0.0121. The molecule has 1 saturated heterocycles. The highest BCUT2D eigenvalue weighted by molar-refractivity contribution is 5.97. The Balaban J connectivity index is 1.72. The molecule has 0 spiro atoms. The molecular weight excluding hydrogens is 336 g/mol. The van der Waals surface area contributed by atoms with Gasteiger partial charge in [-0.25, -0.2) is 0 Å². The van der Waals surface area contributed by atoms with Crippen LogP contribution < -0.4 is 5.43 Å². The van der Waals surface area contributed by atoms with Crippen molar-refractivity contribution in [3.05, 3.63) is 45.2 Å². The average Bonchev–Trinajstić information content (AvgIpc) is 2.79. The summed E-state index contributed by atoms with van der Waals surface area (Å²) in [6.07, 6.45) is 3.68.